The highest BCUT2D eigenvalue weighted by molar-refractivity contribution is 5.85. The molecular formula is C15H27ClN2O2. The van der Waals surface area contributed by atoms with Crippen molar-refractivity contribution < 1.29 is 9.53 Å². The molecule has 0 aromatic carbocycles. The highest BCUT2D eigenvalue weighted by Crippen LogP contribution is 2.30. The van der Waals surface area contributed by atoms with Crippen molar-refractivity contribution in [2.75, 3.05) is 32.8 Å². The maximum absolute atomic E-state index is 12.5. The van der Waals surface area contributed by atoms with E-state index in [4.69, 9.17) is 4.74 Å². The summed E-state index contributed by atoms with van der Waals surface area (Å²) in [4.78, 5) is 14.7. The van der Waals surface area contributed by atoms with Gasteiger partial charge in [-0.2, -0.15) is 0 Å². The van der Waals surface area contributed by atoms with Crippen LogP contribution in [-0.4, -0.2) is 49.7 Å². The molecule has 0 aromatic heterocycles. The predicted molar refractivity (Wildman–Crippen MR) is 81.1 cm³/mol. The molecule has 3 rings (SSSR count). The first-order valence-corrected chi connectivity index (χ1v) is 7.91. The van der Waals surface area contributed by atoms with Crippen molar-refractivity contribution in [2.24, 2.45) is 11.8 Å². The van der Waals surface area contributed by atoms with Gasteiger partial charge in [0, 0.05) is 31.5 Å². The Labute approximate surface area is 128 Å². The average molecular weight is 303 g/mol. The number of halogens is 1. The fourth-order valence-corrected chi connectivity index (χ4v) is 3.30. The first-order chi connectivity index (χ1) is 9.33. The molecule has 0 radical (unpaired) electrons. The van der Waals surface area contributed by atoms with Crippen molar-refractivity contribution in [3.8, 4) is 0 Å². The molecule has 0 bridgehead atoms. The van der Waals surface area contributed by atoms with Crippen LogP contribution in [0.15, 0.2) is 0 Å². The van der Waals surface area contributed by atoms with E-state index in [1.165, 1.54) is 12.8 Å². The van der Waals surface area contributed by atoms with Gasteiger partial charge in [0.05, 0.1) is 6.61 Å². The Bertz CT molecular complexity index is 311. The van der Waals surface area contributed by atoms with Gasteiger partial charge in [-0.1, -0.05) is 0 Å². The standard InChI is InChI=1S/C15H26N2O2.ClH/c18-15(9-12-3-6-16-7-4-12)17(14-1-2-14)10-13-5-8-19-11-13;/h12-14,16H,1-11H2;1H. The van der Waals surface area contributed by atoms with Crippen LogP contribution < -0.4 is 5.32 Å². The molecule has 5 heteroatoms. The van der Waals surface area contributed by atoms with E-state index in [0.717, 1.165) is 58.5 Å². The van der Waals surface area contributed by atoms with Crippen LogP contribution in [-0.2, 0) is 9.53 Å². The van der Waals surface area contributed by atoms with Gasteiger partial charge >= 0.3 is 0 Å². The molecule has 0 aromatic rings. The van der Waals surface area contributed by atoms with E-state index in [1.807, 2.05) is 0 Å². The first-order valence-electron chi connectivity index (χ1n) is 7.91. The fraction of sp³-hybridized carbons (Fsp3) is 0.933. The molecule has 1 N–H and O–H groups in total. The van der Waals surface area contributed by atoms with Crippen molar-refractivity contribution in [3.63, 3.8) is 0 Å². The van der Waals surface area contributed by atoms with Crippen molar-refractivity contribution >= 4 is 18.3 Å². The van der Waals surface area contributed by atoms with Crippen LogP contribution in [0.3, 0.4) is 0 Å². The zero-order chi connectivity index (χ0) is 13.1. The molecule has 1 saturated carbocycles. The van der Waals surface area contributed by atoms with E-state index in [9.17, 15) is 4.79 Å². The largest absolute Gasteiger partial charge is 0.381 e. The molecule has 2 heterocycles. The summed E-state index contributed by atoms with van der Waals surface area (Å²) in [5, 5.41) is 3.37. The van der Waals surface area contributed by atoms with Crippen molar-refractivity contribution in [2.45, 2.75) is 44.6 Å². The number of ether oxygens (including phenoxy) is 1. The summed E-state index contributed by atoms with van der Waals surface area (Å²) in [6.45, 7) is 4.83. The number of nitrogens with zero attached hydrogens (tertiary/aromatic N) is 1. The van der Waals surface area contributed by atoms with E-state index in [2.05, 4.69) is 10.2 Å². The molecule has 0 spiro atoms. The Morgan fingerprint density at radius 2 is 1.85 bits per heavy atom. The van der Waals surface area contributed by atoms with Gasteiger partial charge < -0.3 is 15.0 Å². The van der Waals surface area contributed by atoms with Crippen LogP contribution in [0.25, 0.3) is 0 Å². The molecule has 3 aliphatic rings. The molecule has 2 aliphatic heterocycles. The highest BCUT2D eigenvalue weighted by atomic mass is 35.5. The number of hydrogen-bond acceptors (Lipinski definition) is 3. The summed E-state index contributed by atoms with van der Waals surface area (Å²) in [6, 6.07) is 0.551. The minimum atomic E-state index is 0. The van der Waals surface area contributed by atoms with E-state index in [1.54, 1.807) is 0 Å². The van der Waals surface area contributed by atoms with Crippen LogP contribution in [0, 0.1) is 11.8 Å². The van der Waals surface area contributed by atoms with Gasteiger partial charge in [-0.3, -0.25) is 4.79 Å². The second kappa shape index (κ2) is 7.62. The van der Waals surface area contributed by atoms with Crippen LogP contribution in [0.2, 0.25) is 0 Å². The van der Waals surface area contributed by atoms with E-state index >= 15 is 0 Å². The second-order valence-corrected chi connectivity index (χ2v) is 6.40. The highest BCUT2D eigenvalue weighted by Gasteiger charge is 2.35. The molecule has 4 nitrogen and oxygen atoms in total. The smallest absolute Gasteiger partial charge is 0.223 e. The maximum Gasteiger partial charge on any atom is 0.223 e. The molecule has 116 valence electrons. The number of amides is 1. The fourth-order valence-electron chi connectivity index (χ4n) is 3.30. The summed E-state index contributed by atoms with van der Waals surface area (Å²) >= 11 is 0. The summed E-state index contributed by atoms with van der Waals surface area (Å²) in [5.41, 5.74) is 0. The van der Waals surface area contributed by atoms with Crippen molar-refractivity contribution in [1.82, 2.24) is 10.2 Å². The third kappa shape index (κ3) is 4.34. The van der Waals surface area contributed by atoms with Gasteiger partial charge in [0.15, 0.2) is 0 Å². The third-order valence-corrected chi connectivity index (χ3v) is 4.71. The van der Waals surface area contributed by atoms with Gasteiger partial charge in [0.25, 0.3) is 0 Å². The molecule has 1 unspecified atom stereocenters. The lowest BCUT2D eigenvalue weighted by molar-refractivity contribution is -0.133. The number of piperidine rings is 1. The minimum absolute atomic E-state index is 0. The lowest BCUT2D eigenvalue weighted by Crippen LogP contribution is -2.39. The van der Waals surface area contributed by atoms with Crippen LogP contribution >= 0.6 is 12.4 Å². The zero-order valence-electron chi connectivity index (χ0n) is 12.2. The Morgan fingerprint density at radius 3 is 2.45 bits per heavy atom. The van der Waals surface area contributed by atoms with Gasteiger partial charge in [-0.25, -0.2) is 0 Å². The molecular weight excluding hydrogens is 276 g/mol. The number of carbonyl (C=O) groups is 1. The summed E-state index contributed by atoms with van der Waals surface area (Å²) in [5.74, 6) is 1.59. The summed E-state index contributed by atoms with van der Waals surface area (Å²) in [7, 11) is 0. The Hall–Kier alpha value is -0.320. The topological polar surface area (TPSA) is 41.6 Å². The van der Waals surface area contributed by atoms with E-state index < -0.39 is 0 Å². The van der Waals surface area contributed by atoms with Gasteiger partial charge in [-0.15, -0.1) is 12.4 Å². The summed E-state index contributed by atoms with van der Waals surface area (Å²) < 4.78 is 5.44. The van der Waals surface area contributed by atoms with E-state index in [0.29, 0.717) is 23.8 Å². The van der Waals surface area contributed by atoms with Gasteiger partial charge in [0.1, 0.15) is 0 Å². The Morgan fingerprint density at radius 1 is 1.10 bits per heavy atom. The molecule has 1 atom stereocenters. The molecule has 20 heavy (non-hydrogen) atoms. The number of nitrogens with one attached hydrogen (secondary N) is 1. The normalized spacial score (nSPS) is 27.1. The quantitative estimate of drug-likeness (QED) is 0.842. The Kier molecular flexibility index (Phi) is 6.12. The number of rotatable bonds is 5. The third-order valence-electron chi connectivity index (χ3n) is 4.71. The Balaban J connectivity index is 0.00000147. The first kappa shape index (κ1) is 16.1. The number of hydrogen-bond donors (Lipinski definition) is 1. The second-order valence-electron chi connectivity index (χ2n) is 6.40. The van der Waals surface area contributed by atoms with E-state index in [-0.39, 0.29) is 12.4 Å². The lowest BCUT2D eigenvalue weighted by Gasteiger charge is -2.28. The van der Waals surface area contributed by atoms with Gasteiger partial charge in [-0.05, 0) is 51.1 Å². The molecule has 3 fully saturated rings. The predicted octanol–water partition coefficient (Wildman–Crippen LogP) is 1.83. The van der Waals surface area contributed by atoms with Crippen LogP contribution in [0.1, 0.15) is 38.5 Å². The maximum atomic E-state index is 12.5. The van der Waals surface area contributed by atoms with Crippen molar-refractivity contribution in [1.29, 1.82) is 0 Å². The summed E-state index contributed by atoms with van der Waals surface area (Å²) in [6.07, 6.45) is 6.65. The van der Waals surface area contributed by atoms with Crippen LogP contribution in [0.4, 0.5) is 0 Å². The monoisotopic (exact) mass is 302 g/mol. The average Bonchev–Trinajstić information content (AvgIpc) is 3.14. The molecule has 2 saturated heterocycles. The minimum Gasteiger partial charge on any atom is -0.381 e. The van der Waals surface area contributed by atoms with Crippen LogP contribution in [0.5, 0.6) is 0 Å². The molecule has 1 amide bonds. The van der Waals surface area contributed by atoms with Gasteiger partial charge in [0.2, 0.25) is 5.91 Å². The molecule has 1 aliphatic carbocycles. The SMILES string of the molecule is Cl.O=C(CC1CCNCC1)N(CC1CCOC1)C1CC1. The zero-order valence-corrected chi connectivity index (χ0v) is 13.0. The van der Waals surface area contributed by atoms with Crippen molar-refractivity contribution in [3.05, 3.63) is 0 Å². The number of carbonyl (C=O) groups excluding carboxylic acids is 1. The lowest BCUT2D eigenvalue weighted by atomic mass is 9.94.